The molecule has 4 aromatic carbocycles. The lowest BCUT2D eigenvalue weighted by molar-refractivity contribution is -0.137. The molecule has 10 heteroatoms. The summed E-state index contributed by atoms with van der Waals surface area (Å²) in [4.78, 5) is 6.24. The molecule has 0 saturated heterocycles. The minimum Gasteiger partial charge on any atom is -0.496 e. The summed E-state index contributed by atoms with van der Waals surface area (Å²) in [5.74, 6) is 2.75. The second-order valence-electron chi connectivity index (χ2n) is 14.7. The van der Waals surface area contributed by atoms with Crippen LogP contribution in [0.5, 0.6) is 23.0 Å². The molecule has 0 amide bonds. The monoisotopic (exact) mass is 838 g/mol. The highest BCUT2D eigenvalue weighted by atomic mass is 32.1. The van der Waals surface area contributed by atoms with Gasteiger partial charge in [0.05, 0.1) is 52.9 Å². The fourth-order valence-corrected chi connectivity index (χ4v) is 11.1. The number of methoxy groups -OCH3 is 2. The number of thiophene rings is 3. The second-order valence-corrected chi connectivity index (χ2v) is 17.8. The number of benzene rings is 4. The molecule has 0 aliphatic carbocycles. The van der Waals surface area contributed by atoms with Crippen LogP contribution < -0.4 is 18.9 Å². The van der Waals surface area contributed by atoms with Crippen molar-refractivity contribution in [3.8, 4) is 85.6 Å². The maximum Gasteiger partial charge on any atom is 0.416 e. The van der Waals surface area contributed by atoms with Crippen LogP contribution in [0, 0.1) is 20.8 Å². The van der Waals surface area contributed by atoms with E-state index >= 15 is 0 Å². The molecule has 0 unspecified atom stereocenters. The van der Waals surface area contributed by atoms with Crippen LogP contribution in [0.25, 0.3) is 62.6 Å². The predicted molar refractivity (Wildman–Crippen MR) is 237 cm³/mol. The van der Waals surface area contributed by atoms with E-state index in [9.17, 15) is 13.2 Å². The fraction of sp³-hybridized carbons (Fsp3) is 0.250. The zero-order chi connectivity index (χ0) is 41.5. The highest BCUT2D eigenvalue weighted by Gasteiger charge is 2.31. The van der Waals surface area contributed by atoms with Crippen LogP contribution in [0.3, 0.4) is 0 Å². The van der Waals surface area contributed by atoms with Gasteiger partial charge in [0.1, 0.15) is 23.0 Å². The van der Waals surface area contributed by atoms with Gasteiger partial charge in [0.15, 0.2) is 0 Å². The molecule has 0 saturated carbocycles. The third kappa shape index (κ3) is 8.15. The van der Waals surface area contributed by atoms with Crippen LogP contribution in [-0.2, 0) is 6.18 Å². The van der Waals surface area contributed by atoms with E-state index in [1.807, 2.05) is 64.1 Å². The van der Waals surface area contributed by atoms with Gasteiger partial charge in [-0.05, 0) is 119 Å². The summed E-state index contributed by atoms with van der Waals surface area (Å²) in [6.07, 6.45) is -4.60. The smallest absolute Gasteiger partial charge is 0.416 e. The van der Waals surface area contributed by atoms with E-state index in [0.717, 1.165) is 91.8 Å². The number of hydrogen-bond acceptors (Lipinski definition) is 7. The topological polar surface area (TPSA) is 36.9 Å². The quantitative estimate of drug-likeness (QED) is 0.123. The first-order chi connectivity index (χ1) is 27.7. The van der Waals surface area contributed by atoms with Gasteiger partial charge in [-0.2, -0.15) is 13.2 Å². The van der Waals surface area contributed by atoms with Gasteiger partial charge >= 0.3 is 6.18 Å². The molecule has 0 atom stereocenters. The van der Waals surface area contributed by atoms with Crippen molar-refractivity contribution < 1.29 is 32.1 Å². The van der Waals surface area contributed by atoms with Crippen molar-refractivity contribution in [1.82, 2.24) is 0 Å². The van der Waals surface area contributed by atoms with Gasteiger partial charge in [0.25, 0.3) is 0 Å². The Kier molecular flexibility index (Phi) is 11.8. The van der Waals surface area contributed by atoms with Crippen molar-refractivity contribution in [2.45, 2.75) is 66.9 Å². The third-order valence-corrected chi connectivity index (χ3v) is 13.9. The van der Waals surface area contributed by atoms with Gasteiger partial charge in [-0.1, -0.05) is 54.1 Å². The highest BCUT2D eigenvalue weighted by molar-refractivity contribution is 7.28. The molecule has 4 nitrogen and oxygen atoms in total. The van der Waals surface area contributed by atoms with E-state index in [0.29, 0.717) is 17.1 Å². The van der Waals surface area contributed by atoms with Gasteiger partial charge in [0, 0.05) is 30.6 Å². The molecule has 58 heavy (non-hydrogen) atoms. The number of hydrogen-bond donors (Lipinski definition) is 0. The Bertz CT molecular complexity index is 2560. The molecule has 0 bridgehead atoms. The van der Waals surface area contributed by atoms with Gasteiger partial charge < -0.3 is 18.9 Å². The minimum absolute atomic E-state index is 0.0371. The molecule has 0 spiro atoms. The molecule has 0 fully saturated rings. The molecule has 0 N–H and O–H groups in total. The van der Waals surface area contributed by atoms with E-state index in [1.54, 1.807) is 60.4 Å². The number of ether oxygens (including phenoxy) is 4. The zero-order valence-corrected chi connectivity index (χ0v) is 36.3. The Morgan fingerprint density at radius 1 is 0.500 bits per heavy atom. The predicted octanol–water partition coefficient (Wildman–Crippen LogP) is 15.4. The lowest BCUT2D eigenvalue weighted by atomic mass is 9.99. The van der Waals surface area contributed by atoms with E-state index in [4.69, 9.17) is 18.9 Å². The molecule has 3 aromatic heterocycles. The molecule has 0 radical (unpaired) electrons. The Morgan fingerprint density at radius 3 is 1.28 bits per heavy atom. The summed E-state index contributed by atoms with van der Waals surface area (Å²) in [6, 6.07) is 29.9. The Labute approximate surface area is 350 Å². The van der Waals surface area contributed by atoms with E-state index in [1.165, 1.54) is 5.56 Å². The van der Waals surface area contributed by atoms with Crippen LogP contribution in [0.1, 0.15) is 49.9 Å². The molecule has 300 valence electrons. The van der Waals surface area contributed by atoms with Crippen molar-refractivity contribution in [2.75, 3.05) is 14.2 Å². The van der Waals surface area contributed by atoms with Gasteiger partial charge in [-0.25, -0.2) is 0 Å². The van der Waals surface area contributed by atoms with E-state index < -0.39 is 11.7 Å². The maximum absolute atomic E-state index is 13.7. The molecular formula is C48H45F3O4S3. The number of halogens is 3. The van der Waals surface area contributed by atoms with E-state index in [2.05, 4.69) is 57.2 Å². The lowest BCUT2D eigenvalue weighted by Crippen LogP contribution is -2.07. The normalized spacial score (nSPS) is 11.8. The van der Waals surface area contributed by atoms with Crippen LogP contribution in [0.4, 0.5) is 13.2 Å². The number of alkyl halides is 3. The summed E-state index contributed by atoms with van der Waals surface area (Å²) in [5, 5.41) is 0. The molecule has 0 aliphatic heterocycles. The Morgan fingerprint density at radius 2 is 0.897 bits per heavy atom. The first-order valence-corrected chi connectivity index (χ1v) is 21.4. The second kappa shape index (κ2) is 16.7. The van der Waals surface area contributed by atoms with Crippen LogP contribution in [0.15, 0.2) is 97.1 Å². The van der Waals surface area contributed by atoms with Gasteiger partial charge in [-0.3, -0.25) is 0 Å². The third-order valence-electron chi connectivity index (χ3n) is 9.84. The van der Waals surface area contributed by atoms with E-state index in [-0.39, 0.29) is 12.2 Å². The first-order valence-electron chi connectivity index (χ1n) is 19.0. The lowest BCUT2D eigenvalue weighted by Gasteiger charge is -2.17. The number of rotatable bonds is 12. The van der Waals surface area contributed by atoms with Crippen molar-refractivity contribution in [1.29, 1.82) is 0 Å². The average molecular weight is 839 g/mol. The SMILES string of the molecule is COc1cccc(OC(C)C)c1-c1sc(-c2sc(-c3cc(-c4ccc(C(F)(F)F)cc4)c(-c4c(OC)cccc4OC(C)C)s3)c(C)c2C)cc1-c1ccc(C)cc1. The summed E-state index contributed by atoms with van der Waals surface area (Å²) in [6.45, 7) is 14.4. The first kappa shape index (κ1) is 41.1. The molecule has 3 heterocycles. The fourth-order valence-electron chi connectivity index (χ4n) is 6.96. The van der Waals surface area contributed by atoms with Crippen LogP contribution in [0.2, 0.25) is 0 Å². The van der Waals surface area contributed by atoms with Crippen molar-refractivity contribution in [2.24, 2.45) is 0 Å². The zero-order valence-electron chi connectivity index (χ0n) is 33.9. The maximum atomic E-state index is 13.7. The molecule has 7 rings (SSSR count). The summed E-state index contributed by atoms with van der Waals surface area (Å²) >= 11 is 5.02. The molecular weight excluding hydrogens is 794 g/mol. The summed E-state index contributed by atoms with van der Waals surface area (Å²) in [5.41, 5.74) is 8.10. The van der Waals surface area contributed by atoms with Crippen molar-refractivity contribution in [3.63, 3.8) is 0 Å². The molecule has 7 aromatic rings. The van der Waals surface area contributed by atoms with Gasteiger partial charge in [-0.15, -0.1) is 34.0 Å². The summed E-state index contributed by atoms with van der Waals surface area (Å²) < 4.78 is 65.6. The largest absolute Gasteiger partial charge is 0.496 e. The van der Waals surface area contributed by atoms with Crippen LogP contribution in [-0.4, -0.2) is 26.4 Å². The summed E-state index contributed by atoms with van der Waals surface area (Å²) in [7, 11) is 3.31. The van der Waals surface area contributed by atoms with Crippen molar-refractivity contribution >= 4 is 34.0 Å². The number of aryl methyl sites for hydroxylation is 1. The minimum atomic E-state index is -4.44. The Balaban J connectivity index is 1.43. The van der Waals surface area contributed by atoms with Crippen molar-refractivity contribution in [3.05, 3.63) is 119 Å². The average Bonchev–Trinajstić information content (AvgIpc) is 3.90. The Hall–Kier alpha value is -5.03. The van der Waals surface area contributed by atoms with Crippen LogP contribution >= 0.6 is 34.0 Å². The standard InChI is InChI=1S/C48H45F3O4S3/c1-26(2)54-38-14-10-12-36(52-8)42(38)46-34(31-18-16-28(5)17-19-31)24-40(56-46)44-29(6)30(7)45(58-44)41-25-35(32-20-22-33(23-21-32)48(49,50)51)47(57-41)43-37(53-9)13-11-15-39(43)55-27(3)4/h10-27H,1-9H3. The highest BCUT2D eigenvalue weighted by Crippen LogP contribution is 2.55. The van der Waals surface area contributed by atoms with Gasteiger partial charge in [0.2, 0.25) is 0 Å². The molecule has 0 aliphatic rings.